The molecule has 0 saturated heterocycles. The second kappa shape index (κ2) is 5.25. The second-order valence-electron chi connectivity index (χ2n) is 5.85. The number of thiophene rings is 1. The Kier molecular flexibility index (Phi) is 3.22. The van der Waals surface area contributed by atoms with Crippen LogP contribution < -0.4 is 5.32 Å². The van der Waals surface area contributed by atoms with Crippen molar-refractivity contribution in [1.29, 1.82) is 0 Å². The van der Waals surface area contributed by atoms with Crippen LogP contribution in [-0.2, 0) is 6.54 Å². The number of nitrogens with zero attached hydrogens (tertiary/aromatic N) is 1. The average Bonchev–Trinajstić information content (AvgIpc) is 3.08. The molecule has 1 aromatic carbocycles. The SMILES string of the molecule is Cc1ccsc1C(=O)NCc1c(C2CC2)ccc2[nH]ncc12. The number of hydrogen-bond acceptors (Lipinski definition) is 3. The first-order chi connectivity index (χ1) is 10.7. The minimum absolute atomic E-state index is 0.00902. The van der Waals surface area contributed by atoms with E-state index in [0.29, 0.717) is 12.5 Å². The number of aromatic nitrogens is 2. The largest absolute Gasteiger partial charge is 0.347 e. The molecule has 0 atom stereocenters. The van der Waals surface area contributed by atoms with E-state index in [4.69, 9.17) is 0 Å². The van der Waals surface area contributed by atoms with Crippen molar-refractivity contribution in [2.24, 2.45) is 0 Å². The molecule has 22 heavy (non-hydrogen) atoms. The molecule has 0 aliphatic heterocycles. The molecule has 1 amide bonds. The van der Waals surface area contributed by atoms with Gasteiger partial charge in [0.25, 0.3) is 5.91 Å². The van der Waals surface area contributed by atoms with Gasteiger partial charge in [0.15, 0.2) is 0 Å². The van der Waals surface area contributed by atoms with Crippen molar-refractivity contribution in [3.63, 3.8) is 0 Å². The van der Waals surface area contributed by atoms with Crippen LogP contribution in [0.1, 0.15) is 45.1 Å². The normalized spacial score (nSPS) is 14.4. The number of benzene rings is 1. The lowest BCUT2D eigenvalue weighted by atomic mass is 9.99. The van der Waals surface area contributed by atoms with Crippen LogP contribution in [-0.4, -0.2) is 16.1 Å². The zero-order valence-electron chi connectivity index (χ0n) is 12.3. The van der Waals surface area contributed by atoms with Crippen molar-refractivity contribution in [2.75, 3.05) is 0 Å². The fourth-order valence-electron chi connectivity index (χ4n) is 2.92. The second-order valence-corrected chi connectivity index (χ2v) is 6.77. The summed E-state index contributed by atoms with van der Waals surface area (Å²) >= 11 is 1.49. The van der Waals surface area contributed by atoms with Crippen molar-refractivity contribution in [2.45, 2.75) is 32.2 Å². The Balaban J connectivity index is 1.63. The van der Waals surface area contributed by atoms with E-state index < -0.39 is 0 Å². The molecule has 2 heterocycles. The monoisotopic (exact) mass is 311 g/mol. The van der Waals surface area contributed by atoms with Gasteiger partial charge in [-0.3, -0.25) is 9.89 Å². The van der Waals surface area contributed by atoms with E-state index in [-0.39, 0.29) is 5.91 Å². The molecule has 4 nitrogen and oxygen atoms in total. The number of H-pyrrole nitrogens is 1. The number of aryl methyl sites for hydroxylation is 1. The number of carbonyl (C=O) groups is 1. The van der Waals surface area contributed by atoms with E-state index in [2.05, 4.69) is 27.6 Å². The zero-order chi connectivity index (χ0) is 15.1. The number of aromatic amines is 1. The van der Waals surface area contributed by atoms with Gasteiger partial charge in [0, 0.05) is 11.9 Å². The van der Waals surface area contributed by atoms with Crippen LogP contribution in [0.3, 0.4) is 0 Å². The summed E-state index contributed by atoms with van der Waals surface area (Å²) in [5, 5.41) is 13.3. The summed E-state index contributed by atoms with van der Waals surface area (Å²) in [5.74, 6) is 0.657. The first-order valence-corrected chi connectivity index (χ1v) is 8.39. The molecule has 1 fully saturated rings. The van der Waals surface area contributed by atoms with Crippen LogP contribution in [0.2, 0.25) is 0 Å². The summed E-state index contributed by atoms with van der Waals surface area (Å²) in [7, 11) is 0. The highest BCUT2D eigenvalue weighted by Gasteiger charge is 2.27. The van der Waals surface area contributed by atoms with E-state index >= 15 is 0 Å². The minimum Gasteiger partial charge on any atom is -0.347 e. The summed E-state index contributed by atoms with van der Waals surface area (Å²) in [6.07, 6.45) is 4.35. The van der Waals surface area contributed by atoms with Crippen LogP contribution in [0.4, 0.5) is 0 Å². The van der Waals surface area contributed by atoms with Gasteiger partial charge in [-0.2, -0.15) is 5.10 Å². The third-order valence-electron chi connectivity index (χ3n) is 4.28. The van der Waals surface area contributed by atoms with Gasteiger partial charge >= 0.3 is 0 Å². The maximum Gasteiger partial charge on any atom is 0.261 e. The number of fused-ring (bicyclic) bond motifs is 1. The van der Waals surface area contributed by atoms with Gasteiger partial charge < -0.3 is 5.32 Å². The van der Waals surface area contributed by atoms with Crippen molar-refractivity contribution in [3.05, 3.63) is 51.3 Å². The molecule has 112 valence electrons. The Morgan fingerprint density at radius 2 is 2.27 bits per heavy atom. The molecule has 3 aromatic rings. The quantitative estimate of drug-likeness (QED) is 0.771. The molecular formula is C17H17N3OS. The van der Waals surface area contributed by atoms with Crippen LogP contribution in [0, 0.1) is 6.92 Å². The fourth-order valence-corrected chi connectivity index (χ4v) is 3.76. The van der Waals surface area contributed by atoms with Crippen molar-refractivity contribution < 1.29 is 4.79 Å². The highest BCUT2D eigenvalue weighted by Crippen LogP contribution is 2.43. The highest BCUT2D eigenvalue weighted by molar-refractivity contribution is 7.12. The lowest BCUT2D eigenvalue weighted by molar-refractivity contribution is 0.0954. The van der Waals surface area contributed by atoms with Crippen molar-refractivity contribution in [1.82, 2.24) is 15.5 Å². The third kappa shape index (κ3) is 2.31. The lowest BCUT2D eigenvalue weighted by Crippen LogP contribution is -2.23. The van der Waals surface area contributed by atoms with E-state index in [1.807, 2.05) is 24.6 Å². The summed E-state index contributed by atoms with van der Waals surface area (Å²) in [6, 6.07) is 6.24. The van der Waals surface area contributed by atoms with Crippen LogP contribution >= 0.6 is 11.3 Å². The van der Waals surface area contributed by atoms with Crippen LogP contribution in [0.15, 0.2) is 29.8 Å². The van der Waals surface area contributed by atoms with Crippen LogP contribution in [0.25, 0.3) is 10.9 Å². The number of hydrogen-bond donors (Lipinski definition) is 2. The number of rotatable bonds is 4. The lowest BCUT2D eigenvalue weighted by Gasteiger charge is -2.11. The summed E-state index contributed by atoms with van der Waals surface area (Å²) in [6.45, 7) is 2.52. The van der Waals surface area contributed by atoms with Crippen molar-refractivity contribution in [3.8, 4) is 0 Å². The maximum atomic E-state index is 12.3. The Labute approximate surface area is 132 Å². The third-order valence-corrected chi connectivity index (χ3v) is 5.30. The molecule has 4 rings (SSSR count). The molecular weight excluding hydrogens is 294 g/mol. The summed E-state index contributed by atoms with van der Waals surface area (Å²) in [4.78, 5) is 13.1. The molecule has 2 N–H and O–H groups in total. The molecule has 0 spiro atoms. The van der Waals surface area contributed by atoms with Crippen LogP contribution in [0.5, 0.6) is 0 Å². The number of carbonyl (C=O) groups excluding carboxylic acids is 1. The Morgan fingerprint density at radius 3 is 3.00 bits per heavy atom. The highest BCUT2D eigenvalue weighted by atomic mass is 32.1. The molecule has 0 bridgehead atoms. The van der Waals surface area contributed by atoms with Gasteiger partial charge in [-0.1, -0.05) is 6.07 Å². The Hall–Kier alpha value is -2.14. The smallest absolute Gasteiger partial charge is 0.261 e. The molecule has 1 saturated carbocycles. The maximum absolute atomic E-state index is 12.3. The first-order valence-electron chi connectivity index (χ1n) is 7.51. The van der Waals surface area contributed by atoms with E-state index in [1.54, 1.807) is 0 Å². The fraction of sp³-hybridized carbons (Fsp3) is 0.294. The van der Waals surface area contributed by atoms with E-state index in [9.17, 15) is 4.79 Å². The minimum atomic E-state index is 0.00902. The van der Waals surface area contributed by atoms with E-state index in [0.717, 1.165) is 21.3 Å². The Bertz CT molecular complexity index is 845. The van der Waals surface area contributed by atoms with Gasteiger partial charge in [0.05, 0.1) is 16.6 Å². The zero-order valence-corrected chi connectivity index (χ0v) is 13.2. The van der Waals surface area contributed by atoms with Crippen molar-refractivity contribution >= 4 is 28.1 Å². The predicted octanol–water partition coefficient (Wildman–Crippen LogP) is 3.74. The topological polar surface area (TPSA) is 57.8 Å². The van der Waals surface area contributed by atoms with Gasteiger partial charge in [-0.05, 0) is 59.9 Å². The summed E-state index contributed by atoms with van der Waals surface area (Å²) < 4.78 is 0. The van der Waals surface area contributed by atoms with Gasteiger partial charge in [-0.25, -0.2) is 0 Å². The standard InChI is InChI=1S/C17H17N3OS/c1-10-6-7-22-16(10)17(21)18-8-13-12(11-2-3-11)4-5-15-14(13)9-19-20-15/h4-7,9,11H,2-3,8H2,1H3,(H,18,21)(H,19,20). The van der Waals surface area contributed by atoms with E-state index in [1.165, 1.54) is 35.3 Å². The molecule has 0 unspecified atom stereocenters. The molecule has 1 aliphatic carbocycles. The van der Waals surface area contributed by atoms with Gasteiger partial charge in [0.2, 0.25) is 0 Å². The number of nitrogens with one attached hydrogen (secondary N) is 2. The van der Waals surface area contributed by atoms with Gasteiger partial charge in [0.1, 0.15) is 0 Å². The molecule has 5 heteroatoms. The first kappa shape index (κ1) is 13.5. The number of amides is 1. The predicted molar refractivity (Wildman–Crippen MR) is 88.3 cm³/mol. The Morgan fingerprint density at radius 1 is 1.41 bits per heavy atom. The molecule has 2 aromatic heterocycles. The molecule has 0 radical (unpaired) electrons. The van der Waals surface area contributed by atoms with Gasteiger partial charge in [-0.15, -0.1) is 11.3 Å². The molecule has 1 aliphatic rings. The summed E-state index contributed by atoms with van der Waals surface area (Å²) in [5.41, 5.74) is 4.63. The average molecular weight is 311 g/mol.